The molecule has 4 nitrogen and oxygen atoms in total. The molecule has 1 saturated heterocycles. The summed E-state index contributed by atoms with van der Waals surface area (Å²) in [6.07, 6.45) is 5.29. The Bertz CT molecular complexity index is 1040. The molecule has 0 atom stereocenters. The smallest absolute Gasteiger partial charge is 0.266 e. The highest BCUT2D eigenvalue weighted by Crippen LogP contribution is 2.41. The topological polar surface area (TPSA) is 32.8 Å². The van der Waals surface area contributed by atoms with Gasteiger partial charge in [-0.2, -0.15) is 0 Å². The van der Waals surface area contributed by atoms with Crippen molar-refractivity contribution in [2.24, 2.45) is 0 Å². The molecule has 0 saturated carbocycles. The quantitative estimate of drug-likeness (QED) is 0.370. The van der Waals surface area contributed by atoms with Gasteiger partial charge < -0.3 is 9.64 Å². The van der Waals surface area contributed by atoms with Gasteiger partial charge in [0.2, 0.25) is 5.88 Å². The van der Waals surface area contributed by atoms with Crippen molar-refractivity contribution in [1.82, 2.24) is 4.90 Å². The van der Waals surface area contributed by atoms with Crippen LogP contribution >= 0.6 is 24.0 Å². The van der Waals surface area contributed by atoms with Gasteiger partial charge >= 0.3 is 0 Å². The van der Waals surface area contributed by atoms with Crippen LogP contribution in [0.5, 0.6) is 5.75 Å². The van der Waals surface area contributed by atoms with Crippen LogP contribution in [-0.2, 0) is 4.79 Å². The molecule has 2 aromatic carbocycles. The standard InChI is InChI=1S/C23H20N2O2S2/c1-3-14-25-22(26)20(29-23(25)28)12-13-21-24(4-2)18-15-17(10-11-19(18)27-21)16-8-6-5-7-9-16/h3,5-13,15H,1,4,14H2,2H3. The Labute approximate surface area is 180 Å². The second kappa shape index (κ2) is 8.27. The fourth-order valence-corrected chi connectivity index (χ4v) is 4.53. The molecule has 1 amide bonds. The number of hydrogen-bond acceptors (Lipinski definition) is 5. The maximum Gasteiger partial charge on any atom is 0.266 e. The van der Waals surface area contributed by atoms with Gasteiger partial charge in [-0.1, -0.05) is 66.5 Å². The third kappa shape index (κ3) is 3.73. The molecule has 2 heterocycles. The molecule has 1 fully saturated rings. The molecule has 2 aliphatic heterocycles. The van der Waals surface area contributed by atoms with Gasteiger partial charge in [-0.15, -0.1) is 6.58 Å². The van der Waals surface area contributed by atoms with Crippen molar-refractivity contribution < 1.29 is 9.53 Å². The fraction of sp³-hybridized carbons (Fsp3) is 0.130. The zero-order chi connectivity index (χ0) is 20.4. The van der Waals surface area contributed by atoms with E-state index in [0.29, 0.717) is 21.7 Å². The lowest BCUT2D eigenvalue weighted by molar-refractivity contribution is -0.121. The highest BCUT2D eigenvalue weighted by molar-refractivity contribution is 8.26. The summed E-state index contributed by atoms with van der Waals surface area (Å²) in [6, 6.07) is 16.5. The number of carbonyl (C=O) groups excluding carboxylic acids is 1. The number of thioether (sulfide) groups is 1. The number of rotatable bonds is 5. The van der Waals surface area contributed by atoms with E-state index in [1.165, 1.54) is 11.8 Å². The average Bonchev–Trinajstić information content (AvgIpc) is 3.23. The van der Waals surface area contributed by atoms with Gasteiger partial charge in [0, 0.05) is 19.2 Å². The highest BCUT2D eigenvalue weighted by atomic mass is 32.2. The lowest BCUT2D eigenvalue weighted by Crippen LogP contribution is -2.27. The predicted molar refractivity (Wildman–Crippen MR) is 124 cm³/mol. The molecule has 2 aromatic rings. The maximum absolute atomic E-state index is 12.5. The molecule has 0 radical (unpaired) electrons. The Morgan fingerprint density at radius 1 is 1.10 bits per heavy atom. The SMILES string of the molecule is C=CCN1C(=O)C(=CC=C2Oc3ccc(-c4ccccc4)cc3N2CC)SC1=S. The van der Waals surface area contributed by atoms with Crippen molar-refractivity contribution in [2.45, 2.75) is 6.92 Å². The van der Waals surface area contributed by atoms with Crippen LogP contribution < -0.4 is 9.64 Å². The average molecular weight is 421 g/mol. The number of fused-ring (bicyclic) bond motifs is 1. The normalized spacial score (nSPS) is 18.5. The van der Waals surface area contributed by atoms with E-state index in [1.807, 2.05) is 30.3 Å². The number of benzene rings is 2. The van der Waals surface area contributed by atoms with E-state index < -0.39 is 0 Å². The summed E-state index contributed by atoms with van der Waals surface area (Å²) in [5.41, 5.74) is 3.32. The molecule has 4 rings (SSSR count). The van der Waals surface area contributed by atoms with E-state index in [0.717, 1.165) is 29.1 Å². The van der Waals surface area contributed by atoms with Gasteiger partial charge in [0.25, 0.3) is 5.91 Å². The van der Waals surface area contributed by atoms with Crippen molar-refractivity contribution in [3.8, 4) is 16.9 Å². The molecule has 0 bridgehead atoms. The Morgan fingerprint density at radius 3 is 2.62 bits per heavy atom. The third-order valence-electron chi connectivity index (χ3n) is 4.72. The maximum atomic E-state index is 12.5. The summed E-state index contributed by atoms with van der Waals surface area (Å²) in [5.74, 6) is 1.41. The van der Waals surface area contributed by atoms with Crippen molar-refractivity contribution in [1.29, 1.82) is 0 Å². The van der Waals surface area contributed by atoms with Crippen molar-refractivity contribution in [3.63, 3.8) is 0 Å². The van der Waals surface area contributed by atoms with E-state index in [-0.39, 0.29) is 5.91 Å². The van der Waals surface area contributed by atoms with Crippen LogP contribution in [-0.4, -0.2) is 28.2 Å². The molecular weight excluding hydrogens is 400 g/mol. The minimum absolute atomic E-state index is 0.0957. The van der Waals surface area contributed by atoms with Crippen LogP contribution in [0.2, 0.25) is 0 Å². The zero-order valence-electron chi connectivity index (χ0n) is 16.0. The Kier molecular flexibility index (Phi) is 5.56. The molecule has 0 unspecified atom stereocenters. The van der Waals surface area contributed by atoms with Crippen molar-refractivity contribution in [2.75, 3.05) is 18.0 Å². The second-order valence-corrected chi connectivity index (χ2v) is 8.18. The largest absolute Gasteiger partial charge is 0.439 e. The number of nitrogens with zero attached hydrogens (tertiary/aromatic N) is 2. The number of carbonyl (C=O) groups is 1. The highest BCUT2D eigenvalue weighted by Gasteiger charge is 2.31. The van der Waals surface area contributed by atoms with E-state index in [4.69, 9.17) is 17.0 Å². The van der Waals surface area contributed by atoms with Gasteiger partial charge in [0.15, 0.2) is 5.75 Å². The van der Waals surface area contributed by atoms with Gasteiger partial charge in [0.1, 0.15) is 4.32 Å². The van der Waals surface area contributed by atoms with Crippen LogP contribution in [0.3, 0.4) is 0 Å². The van der Waals surface area contributed by atoms with Crippen molar-refractivity contribution >= 4 is 39.9 Å². The minimum atomic E-state index is -0.0957. The summed E-state index contributed by atoms with van der Waals surface area (Å²) in [4.78, 5) is 16.7. The molecule has 0 aliphatic carbocycles. The number of anilines is 1. The summed E-state index contributed by atoms with van der Waals surface area (Å²) < 4.78 is 6.61. The molecule has 0 N–H and O–H groups in total. The monoisotopic (exact) mass is 420 g/mol. The molecule has 0 spiro atoms. The summed E-state index contributed by atoms with van der Waals surface area (Å²) >= 11 is 6.59. The first kappa shape index (κ1) is 19.5. The number of thiocarbonyl (C=S) groups is 1. The fourth-order valence-electron chi connectivity index (χ4n) is 3.31. The number of ether oxygens (including phenoxy) is 1. The van der Waals surface area contributed by atoms with Crippen molar-refractivity contribution in [3.05, 3.63) is 84.1 Å². The number of amides is 1. The minimum Gasteiger partial charge on any atom is -0.439 e. The van der Waals surface area contributed by atoms with Crippen LogP contribution in [0.4, 0.5) is 5.69 Å². The Balaban J connectivity index is 1.62. The first-order chi connectivity index (χ1) is 14.1. The molecular formula is C23H20N2O2S2. The molecule has 2 aliphatic rings. The van der Waals surface area contributed by atoms with E-state index in [2.05, 4.69) is 42.7 Å². The second-order valence-electron chi connectivity index (χ2n) is 6.50. The third-order valence-corrected chi connectivity index (χ3v) is 6.11. The van der Waals surface area contributed by atoms with Gasteiger partial charge in [-0.05, 0) is 36.3 Å². The molecule has 146 valence electrons. The predicted octanol–water partition coefficient (Wildman–Crippen LogP) is 5.34. The van der Waals surface area contributed by atoms with Crippen LogP contribution in [0, 0.1) is 0 Å². The lowest BCUT2D eigenvalue weighted by Gasteiger charge is -2.15. The zero-order valence-corrected chi connectivity index (χ0v) is 17.6. The van der Waals surface area contributed by atoms with E-state index in [1.54, 1.807) is 17.1 Å². The summed E-state index contributed by atoms with van der Waals surface area (Å²) in [6.45, 7) is 6.93. The lowest BCUT2D eigenvalue weighted by atomic mass is 10.0. The van der Waals surface area contributed by atoms with Gasteiger partial charge in [-0.25, -0.2) is 0 Å². The Morgan fingerprint density at radius 2 is 1.90 bits per heavy atom. The number of allylic oxidation sites excluding steroid dienone is 2. The van der Waals surface area contributed by atoms with Gasteiger partial charge in [0.05, 0.1) is 10.6 Å². The first-order valence-electron chi connectivity index (χ1n) is 9.33. The van der Waals surface area contributed by atoms with Crippen LogP contribution in [0.25, 0.3) is 11.1 Å². The van der Waals surface area contributed by atoms with E-state index in [9.17, 15) is 4.79 Å². The van der Waals surface area contributed by atoms with E-state index >= 15 is 0 Å². The number of hydrogen-bond donors (Lipinski definition) is 0. The van der Waals surface area contributed by atoms with Gasteiger partial charge in [-0.3, -0.25) is 9.69 Å². The molecule has 29 heavy (non-hydrogen) atoms. The van der Waals surface area contributed by atoms with Crippen LogP contribution in [0.1, 0.15) is 6.92 Å². The molecule has 6 heteroatoms. The molecule has 0 aromatic heterocycles. The van der Waals surface area contributed by atoms with Crippen LogP contribution in [0.15, 0.2) is 84.1 Å². The first-order valence-corrected chi connectivity index (χ1v) is 10.6. The summed E-state index contributed by atoms with van der Waals surface area (Å²) in [7, 11) is 0. The summed E-state index contributed by atoms with van der Waals surface area (Å²) in [5, 5.41) is 0. The Hall–Kier alpha value is -2.83.